The second-order valence-corrected chi connectivity index (χ2v) is 2.99. The van der Waals surface area contributed by atoms with Gasteiger partial charge in [0.15, 0.2) is 0 Å². The molecule has 1 amide bonds. The van der Waals surface area contributed by atoms with Crippen LogP contribution in [0.1, 0.15) is 13.3 Å². The Morgan fingerprint density at radius 3 is 2.75 bits per heavy atom. The largest absolute Gasteiger partial charge is 0.518 e. The van der Waals surface area contributed by atoms with Crippen LogP contribution in [-0.4, -0.2) is 28.8 Å². The molecule has 0 aliphatic carbocycles. The fourth-order valence-electron chi connectivity index (χ4n) is 1.41. The lowest BCUT2D eigenvalue weighted by atomic mass is 10.2. The van der Waals surface area contributed by atoms with Gasteiger partial charge in [0.25, 0.3) is 0 Å². The molecule has 0 saturated heterocycles. The Morgan fingerprint density at radius 2 is 2.33 bits per heavy atom. The highest BCUT2D eigenvalue weighted by atomic mass is 16.4. The molecular weight excluding hydrogens is 154 g/mol. The van der Waals surface area contributed by atoms with Crippen LogP contribution in [0.5, 0.6) is 0 Å². The smallest absolute Gasteiger partial charge is 0.435 e. The number of nitrogens with zero attached hydrogens (tertiary/aromatic N) is 1. The Labute approximate surface area is 72.2 Å². The molecule has 3 nitrogen and oxygen atoms in total. The van der Waals surface area contributed by atoms with Crippen molar-refractivity contribution in [3.8, 4) is 0 Å². The molecule has 0 fully saturated rings. The minimum absolute atomic E-state index is 0.0486. The lowest BCUT2D eigenvalue weighted by Crippen LogP contribution is -2.48. The first-order chi connectivity index (χ1) is 5.71. The summed E-state index contributed by atoms with van der Waals surface area (Å²) in [6.07, 6.45) is 7.43. The predicted molar refractivity (Wildman–Crippen MR) is 46.6 cm³/mol. The molecule has 1 aliphatic rings. The first kappa shape index (κ1) is 9.00. The number of hydrogen-bond acceptors (Lipinski definition) is 1. The Bertz CT molecular complexity index is 233. The van der Waals surface area contributed by atoms with E-state index >= 15 is 0 Å². The van der Waals surface area contributed by atoms with Gasteiger partial charge in [-0.2, -0.15) is 9.28 Å². The summed E-state index contributed by atoms with van der Waals surface area (Å²) >= 11 is 0. The normalized spacial score (nSPS) is 27.4. The van der Waals surface area contributed by atoms with Crippen LogP contribution in [0.3, 0.4) is 0 Å². The van der Waals surface area contributed by atoms with Gasteiger partial charge in [-0.1, -0.05) is 13.0 Å². The summed E-state index contributed by atoms with van der Waals surface area (Å²) in [5.41, 5.74) is 0. The molecule has 1 unspecified atom stereocenters. The predicted octanol–water partition coefficient (Wildman–Crippen LogP) is 1.97. The minimum Gasteiger partial charge on any atom is -0.435 e. The number of allylic oxidation sites excluding steroid dienone is 2. The molecule has 0 spiro atoms. The Kier molecular flexibility index (Phi) is 2.65. The maximum Gasteiger partial charge on any atom is 0.518 e. The Balaban J connectivity index is 2.80. The van der Waals surface area contributed by atoms with Gasteiger partial charge in [0.2, 0.25) is 0 Å². The van der Waals surface area contributed by atoms with E-state index < -0.39 is 6.09 Å². The van der Waals surface area contributed by atoms with Crippen molar-refractivity contribution in [3.05, 3.63) is 24.4 Å². The molecule has 0 saturated carbocycles. The molecule has 66 valence electrons. The van der Waals surface area contributed by atoms with Crippen LogP contribution < -0.4 is 0 Å². The summed E-state index contributed by atoms with van der Waals surface area (Å²) < 4.78 is 0.0486. The maximum absolute atomic E-state index is 11.0. The van der Waals surface area contributed by atoms with Gasteiger partial charge in [0, 0.05) is 0 Å². The lowest BCUT2D eigenvalue weighted by molar-refractivity contribution is -0.800. The summed E-state index contributed by atoms with van der Waals surface area (Å²) in [5.74, 6) is 0. The van der Waals surface area contributed by atoms with E-state index in [4.69, 9.17) is 5.11 Å². The first-order valence-corrected chi connectivity index (χ1v) is 4.16. The van der Waals surface area contributed by atoms with Crippen LogP contribution >= 0.6 is 0 Å². The van der Waals surface area contributed by atoms with E-state index in [1.165, 1.54) is 0 Å². The van der Waals surface area contributed by atoms with Gasteiger partial charge >= 0.3 is 6.09 Å². The van der Waals surface area contributed by atoms with Crippen LogP contribution in [0.15, 0.2) is 24.4 Å². The second kappa shape index (κ2) is 3.54. The zero-order valence-electron chi connectivity index (χ0n) is 7.23. The van der Waals surface area contributed by atoms with E-state index in [0.29, 0.717) is 13.1 Å². The second-order valence-electron chi connectivity index (χ2n) is 2.99. The fourth-order valence-corrected chi connectivity index (χ4v) is 1.41. The standard InChI is InChI=1S/C9H13NO2/c1-2-6-10(9(11)12)7-4-3-5-8-10/h3-5,7H,2,6,8H2,1H3/p+1. The molecule has 0 bridgehead atoms. The average Bonchev–Trinajstić information content (AvgIpc) is 2.06. The van der Waals surface area contributed by atoms with E-state index in [0.717, 1.165) is 6.42 Å². The van der Waals surface area contributed by atoms with E-state index in [1.807, 2.05) is 19.1 Å². The van der Waals surface area contributed by atoms with Crippen molar-refractivity contribution in [2.24, 2.45) is 0 Å². The zero-order valence-corrected chi connectivity index (χ0v) is 7.23. The molecule has 1 N–H and O–H groups in total. The van der Waals surface area contributed by atoms with Crippen molar-refractivity contribution < 1.29 is 14.4 Å². The van der Waals surface area contributed by atoms with Gasteiger partial charge in [-0.05, 0) is 18.6 Å². The van der Waals surface area contributed by atoms with Crippen molar-refractivity contribution in [1.29, 1.82) is 0 Å². The number of hydrogen-bond donors (Lipinski definition) is 1. The van der Waals surface area contributed by atoms with Crippen LogP contribution in [0, 0.1) is 0 Å². The monoisotopic (exact) mass is 168 g/mol. The van der Waals surface area contributed by atoms with E-state index in [2.05, 4.69) is 0 Å². The molecule has 0 aromatic heterocycles. The van der Waals surface area contributed by atoms with Crippen LogP contribution in [0.2, 0.25) is 0 Å². The fraction of sp³-hybridized carbons (Fsp3) is 0.444. The topological polar surface area (TPSA) is 37.3 Å². The van der Waals surface area contributed by atoms with Gasteiger partial charge in [-0.25, -0.2) is 0 Å². The van der Waals surface area contributed by atoms with E-state index in [9.17, 15) is 4.79 Å². The Morgan fingerprint density at radius 1 is 1.58 bits per heavy atom. The number of rotatable bonds is 2. The third-order valence-electron chi connectivity index (χ3n) is 2.05. The highest BCUT2D eigenvalue weighted by Gasteiger charge is 2.33. The van der Waals surface area contributed by atoms with Crippen molar-refractivity contribution in [2.75, 3.05) is 13.1 Å². The maximum atomic E-state index is 11.0. The minimum atomic E-state index is -0.766. The molecule has 0 aromatic rings. The number of quaternary nitrogens is 1. The quantitative estimate of drug-likeness (QED) is 0.640. The highest BCUT2D eigenvalue weighted by Crippen LogP contribution is 2.14. The van der Waals surface area contributed by atoms with Crippen molar-refractivity contribution in [1.82, 2.24) is 0 Å². The molecule has 1 atom stereocenters. The summed E-state index contributed by atoms with van der Waals surface area (Å²) in [6, 6.07) is 0. The van der Waals surface area contributed by atoms with E-state index in [-0.39, 0.29) is 4.48 Å². The zero-order chi connectivity index (χ0) is 9.03. The molecule has 1 aliphatic heterocycles. The SMILES string of the molecule is CCC[N+]1(C(=O)O)C=CC=CC1. The molecule has 0 aromatic carbocycles. The third kappa shape index (κ3) is 1.56. The van der Waals surface area contributed by atoms with Crippen LogP contribution in [-0.2, 0) is 0 Å². The molecule has 1 heterocycles. The third-order valence-corrected chi connectivity index (χ3v) is 2.05. The molecule has 12 heavy (non-hydrogen) atoms. The van der Waals surface area contributed by atoms with Gasteiger partial charge in [0.1, 0.15) is 12.7 Å². The first-order valence-electron chi connectivity index (χ1n) is 4.16. The van der Waals surface area contributed by atoms with Crippen molar-refractivity contribution in [3.63, 3.8) is 0 Å². The van der Waals surface area contributed by atoms with Crippen molar-refractivity contribution >= 4 is 6.09 Å². The summed E-state index contributed by atoms with van der Waals surface area (Å²) in [7, 11) is 0. The summed E-state index contributed by atoms with van der Waals surface area (Å²) in [4.78, 5) is 11.0. The van der Waals surface area contributed by atoms with Gasteiger partial charge < -0.3 is 5.11 Å². The Hall–Kier alpha value is -1.09. The summed E-state index contributed by atoms with van der Waals surface area (Å²) in [6.45, 7) is 3.23. The van der Waals surface area contributed by atoms with Gasteiger partial charge in [-0.15, -0.1) is 0 Å². The highest BCUT2D eigenvalue weighted by molar-refractivity contribution is 5.58. The molecule has 1 rings (SSSR count). The average molecular weight is 168 g/mol. The lowest BCUT2D eigenvalue weighted by Gasteiger charge is -2.28. The molecular formula is C9H14NO2+. The van der Waals surface area contributed by atoms with Crippen LogP contribution in [0.25, 0.3) is 0 Å². The number of carboxylic acid groups (broad SMARTS) is 1. The molecule has 3 heteroatoms. The molecule has 0 radical (unpaired) electrons. The van der Waals surface area contributed by atoms with Gasteiger partial charge in [0.05, 0.1) is 6.54 Å². The van der Waals surface area contributed by atoms with Gasteiger partial charge in [-0.3, -0.25) is 0 Å². The van der Waals surface area contributed by atoms with E-state index in [1.54, 1.807) is 12.3 Å². The number of amides is 1. The van der Waals surface area contributed by atoms with Crippen LogP contribution in [0.4, 0.5) is 4.79 Å². The number of carbonyl (C=O) groups is 1. The summed E-state index contributed by atoms with van der Waals surface area (Å²) in [5, 5.41) is 9.01. The van der Waals surface area contributed by atoms with Crippen molar-refractivity contribution in [2.45, 2.75) is 13.3 Å².